The third-order valence-corrected chi connectivity index (χ3v) is 2.86. The van der Waals surface area contributed by atoms with Gasteiger partial charge in [0.25, 0.3) is 0 Å². The molecular formula is C13H10ClN5. The van der Waals surface area contributed by atoms with E-state index in [1.165, 1.54) is 0 Å². The normalized spacial score (nSPS) is 10.6. The van der Waals surface area contributed by atoms with Crippen molar-refractivity contribution in [2.24, 2.45) is 0 Å². The lowest BCUT2D eigenvalue weighted by atomic mass is 10.2. The van der Waals surface area contributed by atoms with E-state index >= 15 is 0 Å². The van der Waals surface area contributed by atoms with Crippen LogP contribution in [0, 0.1) is 6.92 Å². The molecule has 3 rings (SSSR count). The van der Waals surface area contributed by atoms with Gasteiger partial charge in [-0.25, -0.2) is 4.68 Å². The second-order valence-corrected chi connectivity index (χ2v) is 4.45. The van der Waals surface area contributed by atoms with E-state index in [4.69, 9.17) is 11.6 Å². The molecule has 0 N–H and O–H groups in total. The van der Waals surface area contributed by atoms with Gasteiger partial charge in [-0.15, -0.1) is 10.2 Å². The maximum absolute atomic E-state index is 5.74. The lowest BCUT2D eigenvalue weighted by Crippen LogP contribution is -2.03. The molecule has 0 atom stereocenters. The smallest absolute Gasteiger partial charge is 0.176 e. The van der Waals surface area contributed by atoms with Crippen LogP contribution >= 0.6 is 11.6 Å². The molecule has 0 saturated carbocycles. The number of nitrogens with zero attached hydrogens (tertiary/aromatic N) is 5. The number of aromatic nitrogens is 5. The summed E-state index contributed by atoms with van der Waals surface area (Å²) in [5, 5.41) is 12.4. The van der Waals surface area contributed by atoms with Crippen LogP contribution in [-0.4, -0.2) is 25.0 Å². The molecule has 3 aromatic rings. The lowest BCUT2D eigenvalue weighted by Gasteiger charge is -2.05. The Balaban J connectivity index is 2.10. The Bertz CT molecular complexity index is 705. The zero-order valence-corrected chi connectivity index (χ0v) is 10.9. The first kappa shape index (κ1) is 11.8. The van der Waals surface area contributed by atoms with Gasteiger partial charge in [-0.3, -0.25) is 4.98 Å². The SMILES string of the molecule is Cc1ccnc(-c2ccnn2-c2ccc(Cl)nn2)c1. The molecule has 0 bridgehead atoms. The van der Waals surface area contributed by atoms with Crippen LogP contribution < -0.4 is 0 Å². The fraction of sp³-hybridized carbons (Fsp3) is 0.0769. The van der Waals surface area contributed by atoms with Crippen molar-refractivity contribution in [2.75, 3.05) is 0 Å². The van der Waals surface area contributed by atoms with Crippen LogP contribution in [0.15, 0.2) is 42.7 Å². The number of hydrogen-bond acceptors (Lipinski definition) is 4. The van der Waals surface area contributed by atoms with Crippen molar-refractivity contribution >= 4 is 11.6 Å². The quantitative estimate of drug-likeness (QED) is 0.719. The second-order valence-electron chi connectivity index (χ2n) is 4.06. The van der Waals surface area contributed by atoms with Gasteiger partial charge >= 0.3 is 0 Å². The van der Waals surface area contributed by atoms with E-state index in [0.717, 1.165) is 17.0 Å². The summed E-state index contributed by atoms with van der Waals surface area (Å²) < 4.78 is 1.69. The topological polar surface area (TPSA) is 56.5 Å². The first-order valence-corrected chi connectivity index (χ1v) is 6.08. The molecule has 0 fully saturated rings. The summed E-state index contributed by atoms with van der Waals surface area (Å²) in [7, 11) is 0. The number of halogens is 1. The Labute approximate surface area is 114 Å². The second kappa shape index (κ2) is 4.78. The summed E-state index contributed by atoms with van der Waals surface area (Å²) in [6.45, 7) is 2.02. The van der Waals surface area contributed by atoms with Crippen molar-refractivity contribution in [3.05, 3.63) is 53.4 Å². The van der Waals surface area contributed by atoms with Gasteiger partial charge in [-0.1, -0.05) is 11.6 Å². The highest BCUT2D eigenvalue weighted by Crippen LogP contribution is 2.20. The first-order valence-electron chi connectivity index (χ1n) is 5.71. The van der Waals surface area contributed by atoms with E-state index in [9.17, 15) is 0 Å². The molecule has 19 heavy (non-hydrogen) atoms. The van der Waals surface area contributed by atoms with Crippen LogP contribution in [0.2, 0.25) is 5.15 Å². The molecule has 0 aliphatic heterocycles. The summed E-state index contributed by atoms with van der Waals surface area (Å²) >= 11 is 5.74. The Kier molecular flexibility index (Phi) is 2.97. The molecule has 3 heterocycles. The monoisotopic (exact) mass is 271 g/mol. The molecule has 0 unspecified atom stereocenters. The molecule has 0 aromatic carbocycles. The number of rotatable bonds is 2. The summed E-state index contributed by atoms with van der Waals surface area (Å²) in [6, 6.07) is 9.28. The minimum absolute atomic E-state index is 0.353. The van der Waals surface area contributed by atoms with Crippen LogP contribution in [0.1, 0.15) is 5.56 Å². The summed E-state index contributed by atoms with van der Waals surface area (Å²) in [5.41, 5.74) is 2.84. The number of aryl methyl sites for hydroxylation is 1. The van der Waals surface area contributed by atoms with E-state index in [-0.39, 0.29) is 0 Å². The standard InChI is InChI=1S/C13H10ClN5/c1-9-4-6-15-10(8-9)11-5-7-16-19(11)13-3-2-12(14)17-18-13/h2-8H,1H3. The van der Waals surface area contributed by atoms with Crippen molar-refractivity contribution in [3.63, 3.8) is 0 Å². The van der Waals surface area contributed by atoms with Crippen molar-refractivity contribution < 1.29 is 0 Å². The highest BCUT2D eigenvalue weighted by Gasteiger charge is 2.10. The largest absolute Gasteiger partial charge is 0.255 e. The minimum Gasteiger partial charge on any atom is -0.255 e. The minimum atomic E-state index is 0.353. The van der Waals surface area contributed by atoms with Gasteiger partial charge in [0.1, 0.15) is 0 Å². The van der Waals surface area contributed by atoms with E-state index in [0.29, 0.717) is 11.0 Å². The van der Waals surface area contributed by atoms with Crippen LogP contribution in [0.3, 0.4) is 0 Å². The van der Waals surface area contributed by atoms with Crippen molar-refractivity contribution in [1.29, 1.82) is 0 Å². The maximum atomic E-state index is 5.74. The molecule has 0 aliphatic carbocycles. The average Bonchev–Trinajstić information content (AvgIpc) is 2.89. The summed E-state index contributed by atoms with van der Waals surface area (Å²) in [5.74, 6) is 0.604. The summed E-state index contributed by atoms with van der Waals surface area (Å²) in [4.78, 5) is 4.35. The molecular weight excluding hydrogens is 262 g/mol. The summed E-state index contributed by atoms with van der Waals surface area (Å²) in [6.07, 6.45) is 3.48. The Morgan fingerprint density at radius 1 is 1.05 bits per heavy atom. The van der Waals surface area contributed by atoms with E-state index in [2.05, 4.69) is 20.3 Å². The van der Waals surface area contributed by atoms with Crippen molar-refractivity contribution in [3.8, 4) is 17.2 Å². The molecule has 0 saturated heterocycles. The Morgan fingerprint density at radius 3 is 2.68 bits per heavy atom. The number of hydrogen-bond donors (Lipinski definition) is 0. The van der Waals surface area contributed by atoms with E-state index < -0.39 is 0 Å². The van der Waals surface area contributed by atoms with Crippen molar-refractivity contribution in [1.82, 2.24) is 25.0 Å². The fourth-order valence-electron chi connectivity index (χ4n) is 1.78. The molecule has 0 spiro atoms. The number of pyridine rings is 1. The van der Waals surface area contributed by atoms with Gasteiger partial charge in [-0.05, 0) is 42.8 Å². The molecule has 3 aromatic heterocycles. The first-order chi connectivity index (χ1) is 9.24. The van der Waals surface area contributed by atoms with Crippen LogP contribution in [0.5, 0.6) is 0 Å². The van der Waals surface area contributed by atoms with Gasteiger partial charge < -0.3 is 0 Å². The van der Waals surface area contributed by atoms with E-state index in [1.54, 1.807) is 29.2 Å². The highest BCUT2D eigenvalue weighted by molar-refractivity contribution is 6.29. The fourth-order valence-corrected chi connectivity index (χ4v) is 1.88. The average molecular weight is 272 g/mol. The molecule has 0 amide bonds. The molecule has 0 radical (unpaired) electrons. The third kappa shape index (κ3) is 2.32. The molecule has 6 heteroatoms. The zero-order chi connectivity index (χ0) is 13.2. The third-order valence-electron chi connectivity index (χ3n) is 2.66. The highest BCUT2D eigenvalue weighted by atomic mass is 35.5. The van der Waals surface area contributed by atoms with Gasteiger partial charge in [-0.2, -0.15) is 5.10 Å². The van der Waals surface area contributed by atoms with Crippen LogP contribution in [0.25, 0.3) is 17.2 Å². The van der Waals surface area contributed by atoms with Gasteiger partial charge in [0.2, 0.25) is 0 Å². The van der Waals surface area contributed by atoms with Gasteiger partial charge in [0.05, 0.1) is 17.6 Å². The zero-order valence-electron chi connectivity index (χ0n) is 10.2. The molecule has 5 nitrogen and oxygen atoms in total. The predicted molar refractivity (Wildman–Crippen MR) is 72.1 cm³/mol. The van der Waals surface area contributed by atoms with Gasteiger partial charge in [0.15, 0.2) is 11.0 Å². The van der Waals surface area contributed by atoms with Crippen LogP contribution in [-0.2, 0) is 0 Å². The predicted octanol–water partition coefficient (Wildman–Crippen LogP) is 2.69. The van der Waals surface area contributed by atoms with Gasteiger partial charge in [0, 0.05) is 6.20 Å². The van der Waals surface area contributed by atoms with Crippen LogP contribution in [0.4, 0.5) is 0 Å². The molecule has 0 aliphatic rings. The lowest BCUT2D eigenvalue weighted by molar-refractivity contribution is 0.818. The Morgan fingerprint density at radius 2 is 1.95 bits per heavy atom. The maximum Gasteiger partial charge on any atom is 0.176 e. The van der Waals surface area contributed by atoms with E-state index in [1.807, 2.05) is 25.1 Å². The Hall–Kier alpha value is -2.27. The molecule has 94 valence electrons. The van der Waals surface area contributed by atoms with Crippen molar-refractivity contribution in [2.45, 2.75) is 6.92 Å².